The number of benzene rings is 2. The van der Waals surface area contributed by atoms with Crippen molar-refractivity contribution in [2.75, 3.05) is 29.2 Å². The Kier molecular flexibility index (Phi) is 6.41. The highest BCUT2D eigenvalue weighted by molar-refractivity contribution is 8.00. The number of rotatable bonds is 7. The van der Waals surface area contributed by atoms with Gasteiger partial charge in [-0.15, -0.1) is 11.8 Å². The highest BCUT2D eigenvalue weighted by Crippen LogP contribution is 2.26. The summed E-state index contributed by atoms with van der Waals surface area (Å²) in [5, 5.41) is 11.2. The summed E-state index contributed by atoms with van der Waals surface area (Å²) in [6.45, 7) is 3.09. The predicted molar refractivity (Wildman–Crippen MR) is 118 cm³/mol. The van der Waals surface area contributed by atoms with Crippen LogP contribution >= 0.6 is 11.8 Å². The maximum absolute atomic E-state index is 12.5. The summed E-state index contributed by atoms with van der Waals surface area (Å²) in [5.74, 6) is 0.628. The smallest absolute Gasteiger partial charge is 0.234 e. The Morgan fingerprint density at radius 3 is 2.70 bits per heavy atom. The van der Waals surface area contributed by atoms with Crippen LogP contribution in [0, 0.1) is 5.92 Å². The van der Waals surface area contributed by atoms with E-state index in [1.54, 1.807) is 12.1 Å². The second kappa shape index (κ2) is 9.38. The van der Waals surface area contributed by atoms with Gasteiger partial charge in [-0.2, -0.15) is 0 Å². The molecule has 30 heavy (non-hydrogen) atoms. The fourth-order valence-corrected chi connectivity index (χ4v) is 4.36. The number of thioether (sulfide) groups is 1. The van der Waals surface area contributed by atoms with Crippen molar-refractivity contribution in [2.24, 2.45) is 5.92 Å². The lowest BCUT2D eigenvalue weighted by Gasteiger charge is -2.37. The van der Waals surface area contributed by atoms with Gasteiger partial charge in [0.1, 0.15) is 17.4 Å². The number of amides is 2. The molecule has 0 spiro atoms. The summed E-state index contributed by atoms with van der Waals surface area (Å²) in [6.07, 6.45) is -0.173. The van der Waals surface area contributed by atoms with Crippen LogP contribution in [0.5, 0.6) is 5.75 Å². The molecule has 2 fully saturated rings. The molecule has 0 radical (unpaired) electrons. The van der Waals surface area contributed by atoms with E-state index in [4.69, 9.17) is 4.74 Å². The number of nitrogens with zero attached hydrogens (tertiary/aromatic N) is 1. The largest absolute Gasteiger partial charge is 0.494 e. The zero-order valence-corrected chi connectivity index (χ0v) is 17.4. The van der Waals surface area contributed by atoms with Gasteiger partial charge in [0, 0.05) is 12.2 Å². The van der Waals surface area contributed by atoms with Crippen LogP contribution in [0.4, 0.5) is 11.4 Å². The highest BCUT2D eigenvalue weighted by atomic mass is 32.2. The van der Waals surface area contributed by atoms with Crippen LogP contribution in [-0.2, 0) is 9.59 Å². The number of hydrazine groups is 1. The van der Waals surface area contributed by atoms with Gasteiger partial charge in [-0.1, -0.05) is 18.2 Å². The summed E-state index contributed by atoms with van der Waals surface area (Å²) in [7, 11) is 0. The lowest BCUT2D eigenvalue weighted by Crippen LogP contribution is -2.63. The Morgan fingerprint density at radius 1 is 1.20 bits per heavy atom. The number of hydrogen-bond donors (Lipinski definition) is 4. The second-order valence-electron chi connectivity index (χ2n) is 6.99. The molecular formula is C21H25N5O3S. The van der Waals surface area contributed by atoms with Gasteiger partial charge in [-0.25, -0.2) is 5.43 Å². The summed E-state index contributed by atoms with van der Waals surface area (Å²) < 4.78 is 5.40. The summed E-state index contributed by atoms with van der Waals surface area (Å²) in [4.78, 5) is 24.9. The molecule has 0 aromatic heterocycles. The molecule has 2 saturated heterocycles. The minimum Gasteiger partial charge on any atom is -0.494 e. The lowest BCUT2D eigenvalue weighted by atomic mass is 10.1. The number of nitrogens with one attached hydrogen (secondary N) is 4. The van der Waals surface area contributed by atoms with Crippen molar-refractivity contribution in [1.82, 2.24) is 16.1 Å². The second-order valence-corrected chi connectivity index (χ2v) is 8.08. The lowest BCUT2D eigenvalue weighted by molar-refractivity contribution is -0.127. The normalized spacial score (nSPS) is 22.9. The van der Waals surface area contributed by atoms with E-state index in [9.17, 15) is 9.59 Å². The number of fused-ring (bicyclic) bond motifs is 1. The van der Waals surface area contributed by atoms with Crippen molar-refractivity contribution in [3.05, 3.63) is 54.6 Å². The molecule has 0 saturated carbocycles. The van der Waals surface area contributed by atoms with E-state index in [-0.39, 0.29) is 35.1 Å². The molecule has 8 nitrogen and oxygen atoms in total. The van der Waals surface area contributed by atoms with Crippen LogP contribution < -0.4 is 31.1 Å². The first-order valence-corrected chi connectivity index (χ1v) is 11.0. The minimum absolute atomic E-state index is 0.0193. The maximum atomic E-state index is 12.5. The first-order chi connectivity index (χ1) is 14.6. The molecule has 4 rings (SSSR count). The van der Waals surface area contributed by atoms with E-state index < -0.39 is 0 Å². The number of hydrogen-bond acceptors (Lipinski definition) is 7. The number of para-hydroxylation sites is 1. The first kappa shape index (κ1) is 20.5. The fraction of sp³-hybridized carbons (Fsp3) is 0.333. The Morgan fingerprint density at radius 2 is 1.97 bits per heavy atom. The molecule has 2 aliphatic rings. The Balaban J connectivity index is 1.31. The van der Waals surface area contributed by atoms with Crippen molar-refractivity contribution in [2.45, 2.75) is 18.6 Å². The number of carbonyl (C=O) groups is 2. The topological polar surface area (TPSA) is 94.7 Å². The zero-order chi connectivity index (χ0) is 20.9. The molecule has 3 atom stereocenters. The minimum atomic E-state index is -0.351. The summed E-state index contributed by atoms with van der Waals surface area (Å²) in [5.41, 5.74) is 4.64. The molecule has 0 bridgehead atoms. The molecule has 2 aromatic carbocycles. The molecule has 2 heterocycles. The third-order valence-corrected chi connectivity index (χ3v) is 5.95. The molecule has 4 N–H and O–H groups in total. The van der Waals surface area contributed by atoms with E-state index in [0.717, 1.165) is 11.4 Å². The Hall–Kier alpha value is -2.75. The molecule has 2 aromatic rings. The van der Waals surface area contributed by atoms with E-state index in [0.29, 0.717) is 18.8 Å². The van der Waals surface area contributed by atoms with E-state index in [1.807, 2.05) is 54.4 Å². The molecule has 2 amide bonds. The molecule has 2 aliphatic heterocycles. The first-order valence-electron chi connectivity index (χ1n) is 9.92. The molecule has 9 heteroatoms. The van der Waals surface area contributed by atoms with E-state index in [2.05, 4.69) is 21.4 Å². The molecular weight excluding hydrogens is 402 g/mol. The molecule has 0 aliphatic carbocycles. The third-order valence-electron chi connectivity index (χ3n) is 4.94. The van der Waals surface area contributed by atoms with E-state index in [1.165, 1.54) is 11.8 Å². The molecule has 158 valence electrons. The van der Waals surface area contributed by atoms with Crippen LogP contribution in [0.1, 0.15) is 6.92 Å². The summed E-state index contributed by atoms with van der Waals surface area (Å²) >= 11 is 1.35. The van der Waals surface area contributed by atoms with Crippen LogP contribution in [0.15, 0.2) is 54.6 Å². The van der Waals surface area contributed by atoms with Crippen LogP contribution in [0.2, 0.25) is 0 Å². The van der Waals surface area contributed by atoms with Crippen LogP contribution in [0.3, 0.4) is 0 Å². The predicted octanol–water partition coefficient (Wildman–Crippen LogP) is 1.73. The molecule has 3 unspecified atom stereocenters. The summed E-state index contributed by atoms with van der Waals surface area (Å²) in [6, 6.07) is 17.1. The quantitative estimate of drug-likeness (QED) is 0.535. The fourth-order valence-electron chi connectivity index (χ4n) is 3.53. The van der Waals surface area contributed by atoms with Gasteiger partial charge >= 0.3 is 0 Å². The number of ether oxygens (including phenoxy) is 1. The highest BCUT2D eigenvalue weighted by Gasteiger charge is 2.44. The van der Waals surface area contributed by atoms with Crippen molar-refractivity contribution < 1.29 is 14.3 Å². The van der Waals surface area contributed by atoms with Gasteiger partial charge in [0.15, 0.2) is 0 Å². The van der Waals surface area contributed by atoms with Crippen molar-refractivity contribution in [3.8, 4) is 5.75 Å². The van der Waals surface area contributed by atoms with Crippen LogP contribution in [-0.4, -0.2) is 42.4 Å². The SMILES string of the molecule is CCOc1ccc(NC(=O)CSC2NC(=O)C3CNN(c4ccccc4)C3N2)cc1. The van der Waals surface area contributed by atoms with Gasteiger partial charge < -0.3 is 15.4 Å². The Bertz CT molecular complexity index is 880. The van der Waals surface area contributed by atoms with Gasteiger partial charge in [0.05, 0.1) is 24.0 Å². The maximum Gasteiger partial charge on any atom is 0.234 e. The van der Waals surface area contributed by atoms with Crippen molar-refractivity contribution >= 4 is 35.0 Å². The van der Waals surface area contributed by atoms with Gasteiger partial charge in [0.2, 0.25) is 11.8 Å². The van der Waals surface area contributed by atoms with Crippen molar-refractivity contribution in [3.63, 3.8) is 0 Å². The monoisotopic (exact) mass is 427 g/mol. The van der Waals surface area contributed by atoms with Crippen molar-refractivity contribution in [1.29, 1.82) is 0 Å². The Labute approximate surface area is 179 Å². The number of anilines is 2. The third kappa shape index (κ3) is 4.69. The number of carbonyl (C=O) groups excluding carboxylic acids is 2. The average molecular weight is 428 g/mol. The van der Waals surface area contributed by atoms with Crippen LogP contribution in [0.25, 0.3) is 0 Å². The van der Waals surface area contributed by atoms with Gasteiger partial charge in [-0.05, 0) is 43.3 Å². The van der Waals surface area contributed by atoms with Gasteiger partial charge in [0.25, 0.3) is 0 Å². The zero-order valence-electron chi connectivity index (χ0n) is 16.6. The standard InChI is InChI=1S/C21H25N5O3S/c1-2-29-16-10-8-14(9-11-16)23-18(27)13-30-21-24-19-17(20(28)25-21)12-22-26(19)15-6-4-3-5-7-15/h3-11,17,19,21-22,24H,2,12-13H2,1H3,(H,23,27)(H,25,28). The average Bonchev–Trinajstić information content (AvgIpc) is 3.19. The van der Waals surface area contributed by atoms with Gasteiger partial charge in [-0.3, -0.25) is 19.9 Å². The van der Waals surface area contributed by atoms with E-state index >= 15 is 0 Å².